The molecule has 0 saturated carbocycles. The fourth-order valence-electron chi connectivity index (χ4n) is 5.20. The average molecular weight is 397 g/mol. The number of benzene rings is 1. The Kier molecular flexibility index (Phi) is 4.78. The molecule has 3 saturated heterocycles. The van der Waals surface area contributed by atoms with Crippen LogP contribution in [0, 0.1) is 24.6 Å². The number of hydrogen-bond acceptors (Lipinski definition) is 3. The zero-order valence-electron chi connectivity index (χ0n) is 17.0. The number of aryl methyl sites for hydroxylation is 1. The van der Waals surface area contributed by atoms with Crippen molar-refractivity contribution in [2.24, 2.45) is 16.8 Å². The predicted octanol–water partition coefficient (Wildman–Crippen LogP) is 2.89. The number of ether oxygens (including phenoxy) is 1. The second-order valence-corrected chi connectivity index (χ2v) is 8.32. The number of rotatable bonds is 4. The van der Waals surface area contributed by atoms with Crippen molar-refractivity contribution in [1.29, 1.82) is 0 Å². The molecule has 3 aliphatic rings. The predicted molar refractivity (Wildman–Crippen MR) is 110 cm³/mol. The van der Waals surface area contributed by atoms with Gasteiger partial charge in [-0.05, 0) is 44.4 Å². The first-order chi connectivity index (χ1) is 14.1. The van der Waals surface area contributed by atoms with Crippen LogP contribution in [0.3, 0.4) is 0 Å². The van der Waals surface area contributed by atoms with Crippen LogP contribution in [0.2, 0.25) is 0 Å². The molecule has 3 aliphatic heterocycles. The van der Waals surface area contributed by atoms with Crippen molar-refractivity contribution in [2.75, 3.05) is 19.6 Å². The third-order valence-corrected chi connectivity index (χ3v) is 6.60. The normalized spacial score (nSPS) is 28.2. The Labute approximate surface area is 170 Å². The van der Waals surface area contributed by atoms with Crippen LogP contribution in [0.5, 0.6) is 0 Å². The first kappa shape index (κ1) is 18.6. The van der Waals surface area contributed by atoms with Crippen molar-refractivity contribution >= 4 is 5.96 Å². The van der Waals surface area contributed by atoms with E-state index in [1.54, 1.807) is 29.1 Å². The van der Waals surface area contributed by atoms with Gasteiger partial charge in [0, 0.05) is 43.9 Å². The van der Waals surface area contributed by atoms with Crippen molar-refractivity contribution in [3.05, 3.63) is 47.8 Å². The summed E-state index contributed by atoms with van der Waals surface area (Å²) >= 11 is 0. The number of likely N-dealkylation sites (tertiary alicyclic amines) is 1. The molecule has 4 heterocycles. The van der Waals surface area contributed by atoms with Crippen LogP contribution >= 0.6 is 0 Å². The number of nitrogens with zero attached hydrogens (tertiary/aromatic N) is 4. The number of aromatic nitrogens is 2. The molecule has 0 aliphatic carbocycles. The van der Waals surface area contributed by atoms with Gasteiger partial charge < -0.3 is 19.5 Å². The highest BCUT2D eigenvalue weighted by atomic mass is 19.1. The zero-order valence-corrected chi connectivity index (χ0v) is 17.0. The standard InChI is InChI=1S/C22H28FN5O/c1-3-24-22(27-12-16-17(13-27)21-7-6-20(16)29-21)26-11-15-4-5-19(18(23)10-15)28-9-8-25-14(28)2/h4-5,8-10,16-17,20-21H,3,6-7,11-13H2,1-2H3,(H,24,26). The summed E-state index contributed by atoms with van der Waals surface area (Å²) in [6.45, 7) is 7.23. The van der Waals surface area contributed by atoms with E-state index in [9.17, 15) is 4.39 Å². The van der Waals surface area contributed by atoms with E-state index in [0.29, 0.717) is 36.3 Å². The van der Waals surface area contributed by atoms with E-state index in [0.717, 1.165) is 37.0 Å². The Morgan fingerprint density at radius 2 is 2.03 bits per heavy atom. The lowest BCUT2D eigenvalue weighted by Crippen LogP contribution is -2.41. The van der Waals surface area contributed by atoms with Crippen molar-refractivity contribution in [3.63, 3.8) is 0 Å². The van der Waals surface area contributed by atoms with E-state index in [4.69, 9.17) is 9.73 Å². The molecule has 0 radical (unpaired) electrons. The Hall–Kier alpha value is -2.41. The highest BCUT2D eigenvalue weighted by molar-refractivity contribution is 5.80. The molecule has 6 nitrogen and oxygen atoms in total. The summed E-state index contributed by atoms with van der Waals surface area (Å²) in [5.74, 6) is 2.70. The van der Waals surface area contributed by atoms with E-state index >= 15 is 0 Å². The fourth-order valence-corrected chi connectivity index (χ4v) is 5.20. The summed E-state index contributed by atoms with van der Waals surface area (Å²) in [4.78, 5) is 11.4. The molecular formula is C22H28FN5O. The number of nitrogens with one attached hydrogen (secondary N) is 1. The highest BCUT2D eigenvalue weighted by Crippen LogP contribution is 2.47. The molecule has 2 aromatic rings. The number of hydrogen-bond donors (Lipinski definition) is 1. The van der Waals surface area contributed by atoms with Crippen LogP contribution in [0.25, 0.3) is 5.69 Å². The second kappa shape index (κ2) is 7.44. The minimum atomic E-state index is -0.256. The van der Waals surface area contributed by atoms with Crippen LogP contribution < -0.4 is 5.32 Å². The number of imidazole rings is 1. The van der Waals surface area contributed by atoms with E-state index < -0.39 is 0 Å². The van der Waals surface area contributed by atoms with E-state index in [2.05, 4.69) is 22.1 Å². The largest absolute Gasteiger partial charge is 0.374 e. The lowest BCUT2D eigenvalue weighted by atomic mass is 9.82. The first-order valence-electron chi connectivity index (χ1n) is 10.6. The molecular weight excluding hydrogens is 369 g/mol. The number of fused-ring (bicyclic) bond motifs is 5. The first-order valence-corrected chi connectivity index (χ1v) is 10.6. The van der Waals surface area contributed by atoms with Gasteiger partial charge in [0.1, 0.15) is 11.6 Å². The minimum absolute atomic E-state index is 0.256. The van der Waals surface area contributed by atoms with Crippen LogP contribution in [-0.2, 0) is 11.3 Å². The van der Waals surface area contributed by atoms with Crippen LogP contribution in [-0.4, -0.2) is 52.3 Å². The summed E-state index contributed by atoms with van der Waals surface area (Å²) < 4.78 is 22.5. The van der Waals surface area contributed by atoms with Gasteiger partial charge in [-0.2, -0.15) is 0 Å². The van der Waals surface area contributed by atoms with E-state index in [1.165, 1.54) is 12.8 Å². The lowest BCUT2D eigenvalue weighted by Gasteiger charge is -2.23. The van der Waals surface area contributed by atoms with Crippen LogP contribution in [0.15, 0.2) is 35.6 Å². The topological polar surface area (TPSA) is 54.7 Å². The Balaban J connectivity index is 1.31. The highest BCUT2D eigenvalue weighted by Gasteiger charge is 2.53. The maximum Gasteiger partial charge on any atom is 0.194 e. The SMILES string of the molecule is CCNC(=NCc1ccc(-n2ccnc2C)c(F)c1)N1CC2C3CCC(O3)C2C1. The lowest BCUT2D eigenvalue weighted by molar-refractivity contribution is 0.0767. The summed E-state index contributed by atoms with van der Waals surface area (Å²) in [5, 5.41) is 3.42. The zero-order chi connectivity index (χ0) is 20.0. The summed E-state index contributed by atoms with van der Waals surface area (Å²) in [5.41, 5.74) is 1.38. The molecule has 29 heavy (non-hydrogen) atoms. The van der Waals surface area contributed by atoms with Gasteiger partial charge in [-0.3, -0.25) is 0 Å². The number of aliphatic imine (C=N–C) groups is 1. The quantitative estimate of drug-likeness (QED) is 0.637. The summed E-state index contributed by atoms with van der Waals surface area (Å²) in [6, 6.07) is 5.32. The molecule has 0 amide bonds. The van der Waals surface area contributed by atoms with Crippen molar-refractivity contribution in [1.82, 2.24) is 19.8 Å². The molecule has 3 fully saturated rings. The minimum Gasteiger partial charge on any atom is -0.374 e. The molecule has 4 unspecified atom stereocenters. The monoisotopic (exact) mass is 397 g/mol. The van der Waals surface area contributed by atoms with Gasteiger partial charge in [-0.25, -0.2) is 14.4 Å². The van der Waals surface area contributed by atoms with Gasteiger partial charge >= 0.3 is 0 Å². The number of halogens is 1. The summed E-state index contributed by atoms with van der Waals surface area (Å²) in [7, 11) is 0. The van der Waals surface area contributed by atoms with Crippen LogP contribution in [0.1, 0.15) is 31.2 Å². The Morgan fingerprint density at radius 1 is 1.28 bits per heavy atom. The average Bonchev–Trinajstić information content (AvgIpc) is 3.47. The van der Waals surface area contributed by atoms with Gasteiger partial charge in [0.15, 0.2) is 5.96 Å². The molecule has 7 heteroatoms. The molecule has 0 spiro atoms. The van der Waals surface area contributed by atoms with Gasteiger partial charge in [-0.1, -0.05) is 6.07 Å². The smallest absolute Gasteiger partial charge is 0.194 e. The van der Waals surface area contributed by atoms with Gasteiger partial charge in [0.2, 0.25) is 0 Å². The van der Waals surface area contributed by atoms with Crippen molar-refractivity contribution < 1.29 is 9.13 Å². The molecule has 1 aromatic carbocycles. The summed E-state index contributed by atoms with van der Waals surface area (Å²) in [6.07, 6.45) is 6.73. The molecule has 1 aromatic heterocycles. The van der Waals surface area contributed by atoms with Crippen molar-refractivity contribution in [3.8, 4) is 5.69 Å². The molecule has 5 rings (SSSR count). The third kappa shape index (κ3) is 3.31. The maximum absolute atomic E-state index is 14.7. The second-order valence-electron chi connectivity index (χ2n) is 8.32. The molecule has 154 valence electrons. The van der Waals surface area contributed by atoms with Gasteiger partial charge in [-0.15, -0.1) is 0 Å². The molecule has 4 atom stereocenters. The third-order valence-electron chi connectivity index (χ3n) is 6.60. The Morgan fingerprint density at radius 3 is 2.66 bits per heavy atom. The number of guanidine groups is 1. The van der Waals surface area contributed by atoms with Gasteiger partial charge in [0.25, 0.3) is 0 Å². The van der Waals surface area contributed by atoms with Crippen LogP contribution in [0.4, 0.5) is 4.39 Å². The van der Waals surface area contributed by atoms with E-state index in [-0.39, 0.29) is 5.82 Å². The van der Waals surface area contributed by atoms with Gasteiger partial charge in [0.05, 0.1) is 24.4 Å². The fraction of sp³-hybridized carbons (Fsp3) is 0.545. The van der Waals surface area contributed by atoms with Crippen molar-refractivity contribution in [2.45, 2.75) is 45.4 Å². The maximum atomic E-state index is 14.7. The van der Waals surface area contributed by atoms with E-state index in [1.807, 2.05) is 13.0 Å². The Bertz CT molecular complexity index is 908. The molecule has 2 bridgehead atoms. The molecule has 1 N–H and O–H groups in total.